The van der Waals surface area contributed by atoms with E-state index in [2.05, 4.69) is 59.6 Å². The Morgan fingerprint density at radius 1 is 1.19 bits per heavy atom. The molecule has 0 radical (unpaired) electrons. The van der Waals surface area contributed by atoms with Crippen LogP contribution in [0.25, 0.3) is 0 Å². The summed E-state index contributed by atoms with van der Waals surface area (Å²) in [5, 5.41) is 5.72. The minimum Gasteiger partial charge on any atom is -0.351 e. The van der Waals surface area contributed by atoms with Gasteiger partial charge in [0.1, 0.15) is 0 Å². The van der Waals surface area contributed by atoms with Gasteiger partial charge in [0.25, 0.3) is 0 Å². The molecule has 21 heavy (non-hydrogen) atoms. The van der Waals surface area contributed by atoms with Crippen molar-refractivity contribution in [3.05, 3.63) is 35.4 Å². The highest BCUT2D eigenvalue weighted by atomic mass is 16.1. The van der Waals surface area contributed by atoms with Gasteiger partial charge in [-0.15, -0.1) is 6.42 Å². The van der Waals surface area contributed by atoms with Crippen molar-refractivity contribution in [2.45, 2.75) is 26.9 Å². The lowest BCUT2D eigenvalue weighted by molar-refractivity contribution is -0.120. The fourth-order valence-electron chi connectivity index (χ4n) is 1.98. The largest absolute Gasteiger partial charge is 0.351 e. The van der Waals surface area contributed by atoms with Crippen LogP contribution in [0.15, 0.2) is 24.3 Å². The van der Waals surface area contributed by atoms with Crippen LogP contribution in [0.1, 0.15) is 25.0 Å². The molecular formula is C17H25N3O. The zero-order chi connectivity index (χ0) is 15.5. The van der Waals surface area contributed by atoms with E-state index in [4.69, 9.17) is 6.42 Å². The molecule has 1 aromatic carbocycles. The van der Waals surface area contributed by atoms with Gasteiger partial charge >= 0.3 is 0 Å². The summed E-state index contributed by atoms with van der Waals surface area (Å²) in [6.07, 6.45) is 5.10. The molecule has 0 saturated carbocycles. The van der Waals surface area contributed by atoms with Crippen molar-refractivity contribution in [2.75, 3.05) is 26.2 Å². The number of terminal acetylenes is 1. The predicted octanol–water partition coefficient (Wildman–Crippen LogP) is 1.37. The number of hydrogen-bond acceptors (Lipinski definition) is 3. The number of nitrogens with one attached hydrogen (secondary N) is 2. The van der Waals surface area contributed by atoms with Gasteiger partial charge < -0.3 is 5.32 Å². The molecular weight excluding hydrogens is 262 g/mol. The van der Waals surface area contributed by atoms with Crippen LogP contribution in [-0.4, -0.2) is 37.0 Å². The van der Waals surface area contributed by atoms with E-state index >= 15 is 0 Å². The van der Waals surface area contributed by atoms with Gasteiger partial charge in [-0.25, -0.2) is 0 Å². The monoisotopic (exact) mass is 287 g/mol. The van der Waals surface area contributed by atoms with Crippen molar-refractivity contribution in [1.29, 1.82) is 0 Å². The maximum atomic E-state index is 11.5. The number of hydrogen-bond donors (Lipinski definition) is 2. The molecule has 0 spiro atoms. The first-order valence-corrected chi connectivity index (χ1v) is 7.40. The lowest BCUT2D eigenvalue weighted by Gasteiger charge is -2.18. The minimum absolute atomic E-state index is 0.0440. The third-order valence-corrected chi connectivity index (χ3v) is 3.33. The normalized spacial score (nSPS) is 10.4. The highest BCUT2D eigenvalue weighted by molar-refractivity contribution is 5.77. The van der Waals surface area contributed by atoms with Crippen molar-refractivity contribution in [1.82, 2.24) is 15.5 Å². The van der Waals surface area contributed by atoms with Crippen LogP contribution in [0, 0.1) is 12.3 Å². The number of carbonyl (C=O) groups is 1. The van der Waals surface area contributed by atoms with Crippen LogP contribution in [0.4, 0.5) is 0 Å². The molecule has 1 aromatic rings. The Hall–Kier alpha value is -1.83. The van der Waals surface area contributed by atoms with Crippen molar-refractivity contribution >= 4 is 5.91 Å². The van der Waals surface area contributed by atoms with Gasteiger partial charge in [-0.2, -0.15) is 0 Å². The second-order valence-electron chi connectivity index (χ2n) is 4.86. The molecule has 1 rings (SSSR count). The quantitative estimate of drug-likeness (QED) is 0.532. The summed E-state index contributed by atoms with van der Waals surface area (Å²) in [5.41, 5.74) is 2.40. The summed E-state index contributed by atoms with van der Waals surface area (Å²) in [6.45, 7) is 8.62. The highest BCUT2D eigenvalue weighted by Crippen LogP contribution is 2.07. The van der Waals surface area contributed by atoms with Crippen molar-refractivity contribution in [2.24, 2.45) is 0 Å². The van der Waals surface area contributed by atoms with E-state index in [0.717, 1.165) is 25.2 Å². The maximum absolute atomic E-state index is 11.5. The molecule has 0 saturated heterocycles. The van der Waals surface area contributed by atoms with Gasteiger partial charge in [0, 0.05) is 13.1 Å². The number of nitrogens with zero attached hydrogens (tertiary/aromatic N) is 1. The smallest absolute Gasteiger partial charge is 0.234 e. The van der Waals surface area contributed by atoms with Gasteiger partial charge in [-0.1, -0.05) is 44.0 Å². The first kappa shape index (κ1) is 17.2. The maximum Gasteiger partial charge on any atom is 0.234 e. The van der Waals surface area contributed by atoms with Gasteiger partial charge in [0.15, 0.2) is 0 Å². The lowest BCUT2D eigenvalue weighted by Crippen LogP contribution is -2.33. The van der Waals surface area contributed by atoms with E-state index in [0.29, 0.717) is 13.1 Å². The SMILES string of the molecule is C#CCNCC(=O)NCc1ccc(CN(CC)CC)cc1. The second kappa shape index (κ2) is 9.98. The molecule has 0 bridgehead atoms. The Kier molecular flexibility index (Phi) is 8.18. The van der Waals surface area contributed by atoms with Crippen molar-refractivity contribution in [3.63, 3.8) is 0 Å². The molecule has 0 unspecified atom stereocenters. The van der Waals surface area contributed by atoms with Crippen molar-refractivity contribution < 1.29 is 4.79 Å². The molecule has 1 amide bonds. The van der Waals surface area contributed by atoms with E-state index < -0.39 is 0 Å². The molecule has 4 nitrogen and oxygen atoms in total. The zero-order valence-corrected chi connectivity index (χ0v) is 13.0. The van der Waals surface area contributed by atoms with Crippen molar-refractivity contribution in [3.8, 4) is 12.3 Å². The summed E-state index contributed by atoms with van der Waals surface area (Å²) in [4.78, 5) is 13.9. The number of carbonyl (C=O) groups excluding carboxylic acids is 1. The Morgan fingerprint density at radius 3 is 2.38 bits per heavy atom. The second-order valence-corrected chi connectivity index (χ2v) is 4.86. The summed E-state index contributed by atoms with van der Waals surface area (Å²) in [7, 11) is 0. The van der Waals surface area contributed by atoms with Crippen LogP contribution < -0.4 is 10.6 Å². The average Bonchev–Trinajstić information content (AvgIpc) is 2.52. The van der Waals surface area contributed by atoms with E-state index in [1.807, 2.05) is 0 Å². The summed E-state index contributed by atoms with van der Waals surface area (Å²) < 4.78 is 0. The zero-order valence-electron chi connectivity index (χ0n) is 13.0. The molecule has 4 heteroatoms. The van der Waals surface area contributed by atoms with E-state index in [-0.39, 0.29) is 12.5 Å². The van der Waals surface area contributed by atoms with Gasteiger partial charge in [-0.05, 0) is 24.2 Å². The summed E-state index contributed by atoms with van der Waals surface area (Å²) in [5.74, 6) is 2.39. The van der Waals surface area contributed by atoms with Crippen LogP contribution in [0.2, 0.25) is 0 Å². The number of benzene rings is 1. The Balaban J connectivity index is 2.37. The van der Waals surface area contributed by atoms with Crippen LogP contribution in [0.5, 0.6) is 0 Å². The molecule has 0 aliphatic heterocycles. The third kappa shape index (κ3) is 6.94. The number of rotatable bonds is 9. The third-order valence-electron chi connectivity index (χ3n) is 3.33. The molecule has 0 atom stereocenters. The summed E-state index contributed by atoms with van der Waals surface area (Å²) >= 11 is 0. The fourth-order valence-corrected chi connectivity index (χ4v) is 1.98. The van der Waals surface area contributed by atoms with E-state index in [9.17, 15) is 4.79 Å². The van der Waals surface area contributed by atoms with Gasteiger partial charge in [0.2, 0.25) is 5.91 Å². The van der Waals surface area contributed by atoms with E-state index in [1.54, 1.807) is 0 Å². The Labute approximate surface area is 127 Å². The van der Waals surface area contributed by atoms with Crippen LogP contribution in [0.3, 0.4) is 0 Å². The lowest BCUT2D eigenvalue weighted by atomic mass is 10.1. The van der Waals surface area contributed by atoms with Crippen LogP contribution >= 0.6 is 0 Å². The Morgan fingerprint density at radius 2 is 1.81 bits per heavy atom. The standard InChI is InChI=1S/C17H25N3O/c1-4-11-18-13-17(21)19-12-15-7-9-16(10-8-15)14-20(5-2)6-3/h1,7-10,18H,5-6,11-14H2,2-3H3,(H,19,21). The molecule has 0 heterocycles. The molecule has 114 valence electrons. The first-order valence-electron chi connectivity index (χ1n) is 7.40. The summed E-state index contributed by atoms with van der Waals surface area (Å²) in [6, 6.07) is 8.37. The van der Waals surface area contributed by atoms with Gasteiger partial charge in [-0.3, -0.25) is 15.0 Å². The average molecular weight is 287 g/mol. The minimum atomic E-state index is -0.0440. The molecule has 0 aliphatic carbocycles. The van der Waals surface area contributed by atoms with E-state index in [1.165, 1.54) is 5.56 Å². The highest BCUT2D eigenvalue weighted by Gasteiger charge is 2.02. The van der Waals surface area contributed by atoms with Crippen LogP contribution in [-0.2, 0) is 17.9 Å². The molecule has 0 aliphatic rings. The Bertz CT molecular complexity index is 458. The number of amides is 1. The van der Waals surface area contributed by atoms with Gasteiger partial charge in [0.05, 0.1) is 13.1 Å². The first-order chi connectivity index (χ1) is 10.2. The fraction of sp³-hybridized carbons (Fsp3) is 0.471. The molecule has 0 aromatic heterocycles. The molecule has 2 N–H and O–H groups in total. The molecule has 0 fully saturated rings. The predicted molar refractivity (Wildman–Crippen MR) is 86.6 cm³/mol. The topological polar surface area (TPSA) is 44.4 Å².